The molecule has 0 saturated carbocycles. The van der Waals surface area contributed by atoms with Gasteiger partial charge in [-0.1, -0.05) is 116 Å². The van der Waals surface area contributed by atoms with Gasteiger partial charge in [-0.05, 0) is 104 Å². The van der Waals surface area contributed by atoms with Crippen LogP contribution >= 0.6 is 22.6 Å². The summed E-state index contributed by atoms with van der Waals surface area (Å²) in [5.41, 5.74) is 27.4. The Hall–Kier alpha value is -6.87. The molecule has 0 spiro atoms. The zero-order chi connectivity index (χ0) is 46.0. The molecule has 1 aliphatic heterocycles. The van der Waals surface area contributed by atoms with Gasteiger partial charge >= 0.3 is 11.9 Å². The summed E-state index contributed by atoms with van der Waals surface area (Å²) in [6.45, 7) is 6.01. The van der Waals surface area contributed by atoms with Crippen LogP contribution in [0.5, 0.6) is 0 Å². The first-order valence-corrected chi connectivity index (χ1v) is 21.5. The van der Waals surface area contributed by atoms with E-state index in [-0.39, 0.29) is 42.5 Å². The number of ether oxygens (including phenoxy) is 2. The molecule has 64 heavy (non-hydrogen) atoms. The molecule has 11 nitrogen and oxygen atoms in total. The molecule has 1 aliphatic rings. The Kier molecular flexibility index (Phi) is 18.1. The molecule has 7 N–H and O–H groups in total. The van der Waals surface area contributed by atoms with Crippen LogP contribution in [0.1, 0.15) is 66.6 Å². The van der Waals surface area contributed by atoms with E-state index in [1.807, 2.05) is 103 Å². The fraction of sp³-hybridized carbons (Fsp3) is 0.154. The number of Topliss-reactive ketones (excluding diaryl/α,β-unsaturated/α-hetero) is 1. The van der Waals surface area contributed by atoms with Gasteiger partial charge in [-0.15, -0.1) is 0 Å². The smallest absolute Gasteiger partial charge is 0.330 e. The van der Waals surface area contributed by atoms with Crippen molar-refractivity contribution in [3.63, 3.8) is 0 Å². The summed E-state index contributed by atoms with van der Waals surface area (Å²) in [6, 6.07) is 45.2. The second-order valence-corrected chi connectivity index (χ2v) is 15.9. The second kappa shape index (κ2) is 24.1. The maximum Gasteiger partial charge on any atom is 0.330 e. The monoisotopic (exact) mass is 969 g/mol. The van der Waals surface area contributed by atoms with Crippen LogP contribution in [0.4, 0.5) is 17.1 Å². The quantitative estimate of drug-likeness (QED) is 0.0304. The summed E-state index contributed by atoms with van der Waals surface area (Å²) in [4.78, 5) is 49.9. The standard InChI is InChI=1S/C28H28N2O3.C14H15N3O.C10H9IO2/c1-19-17-30(26(16-28(32)33-2)24-9-5-4-8-23(19)24)18-20-11-13-21(14-12-20)27(31)15-22-7-3-6-10-25(22)29;15-9-10-5-7-11(8-6-10)14(18)17-13-4-2-1-3-12(13)16;1-13-10(12)7-6-8-4-2-3-5-9(8)11/h3-14,26H,1,15-18,29H2,2H3;1-8H,9,15-16H2,(H,17,18);2-7H,1H3. The van der Waals surface area contributed by atoms with Gasteiger partial charge in [0.05, 0.1) is 32.0 Å². The number of hydrogen-bond donors (Lipinski definition) is 4. The normalized spacial score (nSPS) is 13.0. The lowest BCUT2D eigenvalue weighted by Crippen LogP contribution is -2.35. The molecular formula is C52H52IN5O6. The molecule has 12 heteroatoms. The summed E-state index contributed by atoms with van der Waals surface area (Å²) < 4.78 is 10.6. The van der Waals surface area contributed by atoms with Crippen LogP contribution < -0.4 is 22.5 Å². The van der Waals surface area contributed by atoms with Crippen molar-refractivity contribution in [3.8, 4) is 0 Å². The summed E-state index contributed by atoms with van der Waals surface area (Å²) in [5.74, 6) is -0.729. The third-order valence-corrected chi connectivity index (χ3v) is 11.3. The first kappa shape index (κ1) is 48.2. The zero-order valence-corrected chi connectivity index (χ0v) is 38.0. The number of carbonyl (C=O) groups excluding carboxylic acids is 4. The van der Waals surface area contributed by atoms with Crippen LogP contribution in [0.25, 0.3) is 11.6 Å². The number of fused-ring (bicyclic) bond motifs is 1. The van der Waals surface area contributed by atoms with Gasteiger partial charge in [0.25, 0.3) is 5.91 Å². The first-order chi connectivity index (χ1) is 30.9. The number of amides is 1. The fourth-order valence-electron chi connectivity index (χ4n) is 6.83. The molecule has 1 heterocycles. The summed E-state index contributed by atoms with van der Waals surface area (Å²) in [7, 11) is 2.78. The molecule has 6 aromatic rings. The van der Waals surface area contributed by atoms with Gasteiger partial charge in [0.2, 0.25) is 0 Å². The van der Waals surface area contributed by atoms with Gasteiger partial charge in [0.15, 0.2) is 5.78 Å². The first-order valence-electron chi connectivity index (χ1n) is 20.4. The minimum Gasteiger partial charge on any atom is -0.469 e. The lowest BCUT2D eigenvalue weighted by atomic mass is 9.88. The Morgan fingerprint density at radius 2 is 1.36 bits per heavy atom. The Morgan fingerprint density at radius 1 is 0.750 bits per heavy atom. The number of nitrogens with zero attached hydrogens (tertiary/aromatic N) is 1. The number of hydrogen-bond acceptors (Lipinski definition) is 10. The Balaban J connectivity index is 0.000000207. The minimum absolute atomic E-state index is 0.0308. The van der Waals surface area contributed by atoms with Crippen molar-refractivity contribution in [2.24, 2.45) is 5.73 Å². The molecule has 0 radical (unpaired) electrons. The third kappa shape index (κ3) is 13.8. The van der Waals surface area contributed by atoms with E-state index >= 15 is 0 Å². The van der Waals surface area contributed by atoms with Crippen LogP contribution in [0.15, 0.2) is 158 Å². The summed E-state index contributed by atoms with van der Waals surface area (Å²) in [5, 5.41) is 2.77. The molecule has 0 fully saturated rings. The van der Waals surface area contributed by atoms with E-state index in [1.54, 1.807) is 36.4 Å². The van der Waals surface area contributed by atoms with E-state index in [0.29, 0.717) is 47.8 Å². The Morgan fingerprint density at radius 3 is 2.02 bits per heavy atom. The van der Waals surface area contributed by atoms with Gasteiger partial charge in [0, 0.05) is 58.6 Å². The highest BCUT2D eigenvalue weighted by Crippen LogP contribution is 2.38. The maximum atomic E-state index is 12.7. The maximum absolute atomic E-state index is 12.7. The lowest BCUT2D eigenvalue weighted by molar-refractivity contribution is -0.142. The number of nitrogens with one attached hydrogen (secondary N) is 1. The molecule has 0 aliphatic carbocycles. The van der Waals surface area contributed by atoms with Crippen LogP contribution in [0.2, 0.25) is 0 Å². The number of ketones is 1. The van der Waals surface area contributed by atoms with Crippen molar-refractivity contribution in [3.05, 3.63) is 206 Å². The van der Waals surface area contributed by atoms with E-state index in [2.05, 4.69) is 56.3 Å². The molecular weight excluding hydrogens is 918 g/mol. The van der Waals surface area contributed by atoms with Gasteiger partial charge < -0.3 is 32.0 Å². The molecule has 0 aromatic heterocycles. The molecule has 1 amide bonds. The summed E-state index contributed by atoms with van der Waals surface area (Å²) >= 11 is 2.22. The largest absolute Gasteiger partial charge is 0.469 e. The topological polar surface area (TPSA) is 180 Å². The Bertz CT molecular complexity index is 2590. The van der Waals surface area contributed by atoms with Crippen molar-refractivity contribution in [1.82, 2.24) is 4.90 Å². The van der Waals surface area contributed by atoms with Crippen molar-refractivity contribution in [1.29, 1.82) is 0 Å². The van der Waals surface area contributed by atoms with Crippen molar-refractivity contribution in [2.45, 2.75) is 32.0 Å². The van der Waals surface area contributed by atoms with Crippen LogP contribution in [-0.2, 0) is 38.6 Å². The molecule has 6 aromatic carbocycles. The SMILES string of the molecule is C=C1CN(Cc2ccc(C(=O)Cc3ccccc3N)cc2)C(CC(=O)OC)c2ccccc21.COC(=O)C=Cc1ccccc1I.NCc1ccc(C(=O)Nc2ccccc2N)cc1. The number of nitrogens with two attached hydrogens (primary N) is 3. The van der Waals surface area contributed by atoms with E-state index in [0.717, 1.165) is 42.5 Å². The van der Waals surface area contributed by atoms with Gasteiger partial charge in [-0.2, -0.15) is 0 Å². The zero-order valence-electron chi connectivity index (χ0n) is 35.8. The number of halogens is 1. The van der Waals surface area contributed by atoms with E-state index in [4.69, 9.17) is 21.9 Å². The van der Waals surface area contributed by atoms with E-state index in [9.17, 15) is 19.2 Å². The lowest BCUT2D eigenvalue weighted by Gasteiger charge is -2.38. The van der Waals surface area contributed by atoms with Crippen molar-refractivity contribution < 1.29 is 28.7 Å². The molecule has 1 atom stereocenters. The van der Waals surface area contributed by atoms with Crippen LogP contribution in [0.3, 0.4) is 0 Å². The minimum atomic E-state index is -0.334. The number of benzene rings is 6. The van der Waals surface area contributed by atoms with Gasteiger partial charge in [-0.25, -0.2) is 4.79 Å². The number of carbonyl (C=O) groups is 4. The van der Waals surface area contributed by atoms with E-state index < -0.39 is 0 Å². The highest BCUT2D eigenvalue weighted by Gasteiger charge is 2.31. The molecule has 0 bridgehead atoms. The van der Waals surface area contributed by atoms with E-state index in [1.165, 1.54) is 20.3 Å². The number of para-hydroxylation sites is 3. The average Bonchev–Trinajstić information content (AvgIpc) is 3.32. The average molecular weight is 970 g/mol. The fourth-order valence-corrected chi connectivity index (χ4v) is 7.39. The van der Waals surface area contributed by atoms with Crippen molar-refractivity contribution in [2.75, 3.05) is 37.5 Å². The molecule has 328 valence electrons. The van der Waals surface area contributed by atoms with Gasteiger partial charge in [-0.3, -0.25) is 19.3 Å². The number of nitrogen functional groups attached to an aromatic ring is 2. The molecule has 0 saturated heterocycles. The van der Waals surface area contributed by atoms with Crippen LogP contribution in [0, 0.1) is 3.57 Å². The number of methoxy groups -OCH3 is 2. The molecule has 7 rings (SSSR count). The highest BCUT2D eigenvalue weighted by atomic mass is 127. The highest BCUT2D eigenvalue weighted by molar-refractivity contribution is 14.1. The predicted molar refractivity (Wildman–Crippen MR) is 264 cm³/mol. The Labute approximate surface area is 388 Å². The number of esters is 2. The third-order valence-electron chi connectivity index (χ3n) is 10.4. The van der Waals surface area contributed by atoms with Crippen LogP contribution in [-0.4, -0.2) is 49.3 Å². The number of rotatable bonds is 12. The number of anilines is 3. The summed E-state index contributed by atoms with van der Waals surface area (Å²) in [6.07, 6.45) is 3.71. The van der Waals surface area contributed by atoms with Crippen molar-refractivity contribution >= 4 is 74.9 Å². The van der Waals surface area contributed by atoms with Gasteiger partial charge in [0.1, 0.15) is 0 Å². The second-order valence-electron chi connectivity index (χ2n) is 14.7. The predicted octanol–water partition coefficient (Wildman–Crippen LogP) is 9.28. The molecule has 1 unspecified atom stereocenters.